The van der Waals surface area contributed by atoms with Gasteiger partial charge in [0.25, 0.3) is 0 Å². The summed E-state index contributed by atoms with van der Waals surface area (Å²) in [6.07, 6.45) is 2.20. The summed E-state index contributed by atoms with van der Waals surface area (Å²) in [6.45, 7) is 0. The lowest BCUT2D eigenvalue weighted by Gasteiger charge is -2.10. The van der Waals surface area contributed by atoms with Crippen LogP contribution in [0.15, 0.2) is 51.6 Å². The lowest BCUT2D eigenvalue weighted by Crippen LogP contribution is -2.21. The summed E-state index contributed by atoms with van der Waals surface area (Å²) in [5, 5.41) is 9.21. The smallest absolute Gasteiger partial charge is 0.238 e. The second kappa shape index (κ2) is 8.11. The summed E-state index contributed by atoms with van der Waals surface area (Å²) in [7, 11) is 1.57. The molecule has 0 unspecified atom stereocenters. The van der Waals surface area contributed by atoms with Crippen LogP contribution in [0.2, 0.25) is 0 Å². The molecule has 8 heteroatoms. The van der Waals surface area contributed by atoms with Gasteiger partial charge in [-0.3, -0.25) is 9.59 Å². The number of benzene rings is 1. The molecule has 2 N–H and O–H groups in total. The maximum atomic E-state index is 12.2. The Kier molecular flexibility index (Phi) is 5.43. The fourth-order valence-electron chi connectivity index (χ4n) is 2.35. The number of aromatic nitrogens is 2. The first-order valence-electron chi connectivity index (χ1n) is 8.10. The minimum absolute atomic E-state index is 0.122. The van der Waals surface area contributed by atoms with E-state index in [4.69, 9.17) is 8.94 Å². The SMILES string of the molecule is CNC(=O)Cc1ccccc1NC(=O)CCc1nc(-c2ccco2)no1. The molecule has 0 saturated carbocycles. The van der Waals surface area contributed by atoms with Gasteiger partial charge in [-0.2, -0.15) is 4.98 Å². The van der Waals surface area contributed by atoms with Crippen LogP contribution < -0.4 is 10.6 Å². The monoisotopic (exact) mass is 354 g/mol. The quantitative estimate of drug-likeness (QED) is 0.673. The summed E-state index contributed by atoms with van der Waals surface area (Å²) in [5.74, 6) is 0.884. The van der Waals surface area contributed by atoms with Gasteiger partial charge in [0.05, 0.1) is 12.7 Å². The number of rotatable bonds is 7. The van der Waals surface area contributed by atoms with Gasteiger partial charge in [-0.05, 0) is 23.8 Å². The first kappa shape index (κ1) is 17.4. The fourth-order valence-corrected chi connectivity index (χ4v) is 2.35. The Morgan fingerprint density at radius 1 is 1.12 bits per heavy atom. The number of nitrogens with one attached hydrogen (secondary N) is 2. The largest absolute Gasteiger partial charge is 0.461 e. The number of nitrogens with zero attached hydrogens (tertiary/aromatic N) is 2. The summed E-state index contributed by atoms with van der Waals surface area (Å²) >= 11 is 0. The molecule has 0 saturated heterocycles. The van der Waals surface area contributed by atoms with Gasteiger partial charge in [0.1, 0.15) is 0 Å². The van der Waals surface area contributed by atoms with E-state index in [1.807, 2.05) is 6.07 Å². The van der Waals surface area contributed by atoms with Crippen molar-refractivity contribution in [2.75, 3.05) is 12.4 Å². The average molecular weight is 354 g/mol. The van der Waals surface area contributed by atoms with Gasteiger partial charge in [0, 0.05) is 25.6 Å². The normalized spacial score (nSPS) is 10.5. The van der Waals surface area contributed by atoms with Crippen LogP contribution in [0.3, 0.4) is 0 Å². The molecule has 0 atom stereocenters. The Hall–Kier alpha value is -3.42. The van der Waals surface area contributed by atoms with E-state index < -0.39 is 0 Å². The van der Waals surface area contributed by atoms with E-state index in [0.29, 0.717) is 29.6 Å². The molecule has 2 aromatic heterocycles. The van der Waals surface area contributed by atoms with E-state index in [9.17, 15) is 9.59 Å². The lowest BCUT2D eigenvalue weighted by atomic mass is 10.1. The highest BCUT2D eigenvalue weighted by molar-refractivity contribution is 5.92. The molecule has 3 rings (SSSR count). The van der Waals surface area contributed by atoms with Crippen LogP contribution in [-0.2, 0) is 22.4 Å². The maximum Gasteiger partial charge on any atom is 0.238 e. The second-order valence-electron chi connectivity index (χ2n) is 5.54. The lowest BCUT2D eigenvalue weighted by molar-refractivity contribution is -0.120. The molecule has 0 fully saturated rings. The molecule has 2 amide bonds. The molecule has 8 nitrogen and oxygen atoms in total. The van der Waals surface area contributed by atoms with Crippen LogP contribution >= 0.6 is 0 Å². The standard InChI is InChI=1S/C18H18N4O4/c1-19-16(24)11-12-5-2-3-6-13(12)20-15(23)8-9-17-21-18(22-26-17)14-7-4-10-25-14/h2-7,10H,8-9,11H2,1H3,(H,19,24)(H,20,23). The number of likely N-dealkylation sites (N-methyl/N-ethyl adjacent to an activating group) is 1. The number of carbonyl (C=O) groups is 2. The maximum absolute atomic E-state index is 12.2. The molecule has 134 valence electrons. The van der Waals surface area contributed by atoms with E-state index >= 15 is 0 Å². The van der Waals surface area contributed by atoms with Crippen molar-refractivity contribution in [1.82, 2.24) is 15.5 Å². The van der Waals surface area contributed by atoms with E-state index in [2.05, 4.69) is 20.8 Å². The highest BCUT2D eigenvalue weighted by Gasteiger charge is 2.13. The van der Waals surface area contributed by atoms with Gasteiger partial charge in [-0.25, -0.2) is 0 Å². The van der Waals surface area contributed by atoms with Crippen LogP contribution in [-0.4, -0.2) is 29.0 Å². The molecule has 0 radical (unpaired) electrons. The van der Waals surface area contributed by atoms with Gasteiger partial charge in [-0.1, -0.05) is 23.4 Å². The zero-order chi connectivity index (χ0) is 18.4. The predicted octanol–water partition coefficient (Wildman–Crippen LogP) is 2.19. The summed E-state index contributed by atoms with van der Waals surface area (Å²) in [5.41, 5.74) is 1.36. The molecule has 2 heterocycles. The van der Waals surface area contributed by atoms with Crippen molar-refractivity contribution in [1.29, 1.82) is 0 Å². The number of furan rings is 1. The number of aryl methyl sites for hydroxylation is 1. The third kappa shape index (κ3) is 4.35. The molecule has 0 aliphatic carbocycles. The first-order chi connectivity index (χ1) is 12.7. The zero-order valence-corrected chi connectivity index (χ0v) is 14.2. The van der Waals surface area contributed by atoms with Gasteiger partial charge >= 0.3 is 0 Å². The first-order valence-corrected chi connectivity index (χ1v) is 8.10. The number of hydrogen-bond acceptors (Lipinski definition) is 6. The Morgan fingerprint density at radius 2 is 1.96 bits per heavy atom. The topological polar surface area (TPSA) is 110 Å². The summed E-state index contributed by atoms with van der Waals surface area (Å²) in [4.78, 5) is 28.0. The van der Waals surface area contributed by atoms with Crippen LogP contribution in [0, 0.1) is 0 Å². The number of amides is 2. The molecule has 26 heavy (non-hydrogen) atoms. The van der Waals surface area contributed by atoms with Crippen molar-refractivity contribution >= 4 is 17.5 Å². The van der Waals surface area contributed by atoms with Crippen LogP contribution in [0.4, 0.5) is 5.69 Å². The van der Waals surface area contributed by atoms with Gasteiger partial charge in [0.15, 0.2) is 5.76 Å². The number of hydrogen-bond donors (Lipinski definition) is 2. The van der Waals surface area contributed by atoms with Gasteiger partial charge in [0.2, 0.25) is 23.5 Å². The van der Waals surface area contributed by atoms with Crippen molar-refractivity contribution < 1.29 is 18.5 Å². The van der Waals surface area contributed by atoms with Crippen molar-refractivity contribution in [2.24, 2.45) is 0 Å². The molecular formula is C18H18N4O4. The predicted molar refractivity (Wildman–Crippen MR) is 93.2 cm³/mol. The zero-order valence-electron chi connectivity index (χ0n) is 14.2. The Labute approximate surface area is 149 Å². The van der Waals surface area contributed by atoms with Crippen molar-refractivity contribution in [3.8, 4) is 11.6 Å². The number of anilines is 1. The van der Waals surface area contributed by atoms with Crippen LogP contribution in [0.1, 0.15) is 17.9 Å². The second-order valence-corrected chi connectivity index (χ2v) is 5.54. The minimum atomic E-state index is -0.202. The van der Waals surface area contributed by atoms with Crippen molar-refractivity contribution in [3.05, 3.63) is 54.1 Å². The van der Waals surface area contributed by atoms with Gasteiger partial charge in [-0.15, -0.1) is 0 Å². The molecule has 1 aromatic carbocycles. The Morgan fingerprint density at radius 3 is 2.73 bits per heavy atom. The van der Waals surface area contributed by atoms with Gasteiger partial charge < -0.3 is 19.6 Å². The summed E-state index contributed by atoms with van der Waals surface area (Å²) in [6, 6.07) is 10.6. The molecule has 0 bridgehead atoms. The third-order valence-corrected chi connectivity index (χ3v) is 3.70. The molecule has 0 aliphatic heterocycles. The number of carbonyl (C=O) groups excluding carboxylic acids is 2. The average Bonchev–Trinajstić information content (AvgIpc) is 3.33. The minimum Gasteiger partial charge on any atom is -0.461 e. The Balaban J connectivity index is 1.57. The highest BCUT2D eigenvalue weighted by Crippen LogP contribution is 2.18. The van der Waals surface area contributed by atoms with Crippen molar-refractivity contribution in [3.63, 3.8) is 0 Å². The molecular weight excluding hydrogens is 336 g/mol. The van der Waals surface area contributed by atoms with Crippen molar-refractivity contribution in [2.45, 2.75) is 19.3 Å². The third-order valence-electron chi connectivity index (χ3n) is 3.70. The molecule has 3 aromatic rings. The molecule has 0 aliphatic rings. The van der Waals surface area contributed by atoms with E-state index in [-0.39, 0.29) is 24.7 Å². The fraction of sp³-hybridized carbons (Fsp3) is 0.222. The Bertz CT molecular complexity index is 886. The van der Waals surface area contributed by atoms with E-state index in [1.165, 1.54) is 6.26 Å². The van der Waals surface area contributed by atoms with Crippen LogP contribution in [0.5, 0.6) is 0 Å². The van der Waals surface area contributed by atoms with E-state index in [0.717, 1.165) is 5.56 Å². The van der Waals surface area contributed by atoms with Crippen LogP contribution in [0.25, 0.3) is 11.6 Å². The van der Waals surface area contributed by atoms with E-state index in [1.54, 1.807) is 37.4 Å². The highest BCUT2D eigenvalue weighted by atomic mass is 16.5. The molecule has 0 spiro atoms. The summed E-state index contributed by atoms with van der Waals surface area (Å²) < 4.78 is 10.3. The number of para-hydroxylation sites is 1.